The summed E-state index contributed by atoms with van der Waals surface area (Å²) >= 11 is 0. The Hall–Kier alpha value is -0.520. The highest BCUT2D eigenvalue weighted by Crippen LogP contribution is 2.51. The molecule has 3 rings (SSSR count). The summed E-state index contributed by atoms with van der Waals surface area (Å²) in [5, 5.41) is 0. The van der Waals surface area contributed by atoms with Crippen molar-refractivity contribution in [1.29, 1.82) is 0 Å². The van der Waals surface area contributed by atoms with Gasteiger partial charge in [0.05, 0.1) is 0 Å². The highest BCUT2D eigenvalue weighted by atomic mass is 14.4. The largest absolute Gasteiger partial charge is 0.0844 e. The minimum Gasteiger partial charge on any atom is -0.0844 e. The average Bonchev–Trinajstić information content (AvgIpc) is 2.64. The molecular formula is C11H14. The van der Waals surface area contributed by atoms with Crippen LogP contribution in [0.3, 0.4) is 0 Å². The summed E-state index contributed by atoms with van der Waals surface area (Å²) in [5.74, 6) is 2.77. The summed E-state index contributed by atoms with van der Waals surface area (Å²) in [6.45, 7) is 0. The second-order valence-corrected chi connectivity index (χ2v) is 4.13. The second kappa shape index (κ2) is 2.00. The Bertz CT molecular complexity index is 234. The molecule has 0 aliphatic heterocycles. The van der Waals surface area contributed by atoms with Crippen LogP contribution in [0.15, 0.2) is 23.8 Å². The summed E-state index contributed by atoms with van der Waals surface area (Å²) in [5.41, 5.74) is 1.80. The molecule has 0 aromatic heterocycles. The van der Waals surface area contributed by atoms with Gasteiger partial charge in [-0.25, -0.2) is 0 Å². The van der Waals surface area contributed by atoms with E-state index in [4.69, 9.17) is 0 Å². The summed E-state index contributed by atoms with van der Waals surface area (Å²) < 4.78 is 0. The van der Waals surface area contributed by atoms with Crippen LogP contribution in [-0.4, -0.2) is 0 Å². The van der Waals surface area contributed by atoms with Gasteiger partial charge in [-0.1, -0.05) is 23.8 Å². The van der Waals surface area contributed by atoms with E-state index in [1.165, 1.54) is 25.7 Å². The molecule has 1 fully saturated rings. The molecule has 0 N–H and O–H groups in total. The van der Waals surface area contributed by atoms with Gasteiger partial charge in [-0.2, -0.15) is 0 Å². The van der Waals surface area contributed by atoms with E-state index >= 15 is 0 Å². The van der Waals surface area contributed by atoms with Crippen molar-refractivity contribution in [3.05, 3.63) is 23.8 Å². The maximum atomic E-state index is 2.52. The topological polar surface area (TPSA) is 0 Å². The molecule has 0 saturated heterocycles. The molecule has 0 amide bonds. The molecule has 0 spiro atoms. The maximum Gasteiger partial charge on any atom is -0.00144 e. The molecule has 1 saturated carbocycles. The molecule has 0 nitrogen and oxygen atoms in total. The van der Waals surface area contributed by atoms with Gasteiger partial charge in [-0.05, 0) is 43.4 Å². The van der Waals surface area contributed by atoms with Crippen LogP contribution < -0.4 is 0 Å². The molecule has 3 unspecified atom stereocenters. The number of allylic oxidation sites excluding steroid dienone is 4. The van der Waals surface area contributed by atoms with Crippen molar-refractivity contribution in [3.8, 4) is 0 Å². The predicted molar refractivity (Wildman–Crippen MR) is 46.2 cm³/mol. The van der Waals surface area contributed by atoms with Crippen LogP contribution in [0.25, 0.3) is 0 Å². The van der Waals surface area contributed by atoms with Crippen LogP contribution in [0.1, 0.15) is 25.7 Å². The van der Waals surface area contributed by atoms with Gasteiger partial charge in [0.1, 0.15) is 0 Å². The molecule has 3 aliphatic carbocycles. The Balaban J connectivity index is 2.04. The molecule has 0 aromatic carbocycles. The molecule has 0 aromatic rings. The van der Waals surface area contributed by atoms with Crippen LogP contribution >= 0.6 is 0 Å². The normalized spacial score (nSPS) is 45.8. The number of fused-ring (bicyclic) bond motifs is 5. The highest BCUT2D eigenvalue weighted by molar-refractivity contribution is 5.31. The van der Waals surface area contributed by atoms with Gasteiger partial charge in [0, 0.05) is 0 Å². The molecule has 2 bridgehead atoms. The van der Waals surface area contributed by atoms with E-state index in [1.807, 2.05) is 0 Å². The van der Waals surface area contributed by atoms with Gasteiger partial charge in [-0.3, -0.25) is 0 Å². The van der Waals surface area contributed by atoms with Crippen LogP contribution in [-0.2, 0) is 0 Å². The lowest BCUT2D eigenvalue weighted by Crippen LogP contribution is -2.12. The quantitative estimate of drug-likeness (QED) is 0.461. The predicted octanol–water partition coefficient (Wildman–Crippen LogP) is 2.92. The average molecular weight is 146 g/mol. The molecule has 3 atom stereocenters. The Kier molecular flexibility index (Phi) is 1.10. The number of rotatable bonds is 0. The number of hydrogen-bond donors (Lipinski definition) is 0. The van der Waals surface area contributed by atoms with E-state index < -0.39 is 0 Å². The van der Waals surface area contributed by atoms with Crippen molar-refractivity contribution in [1.82, 2.24) is 0 Å². The molecule has 0 heterocycles. The van der Waals surface area contributed by atoms with E-state index in [0.29, 0.717) is 0 Å². The summed E-state index contributed by atoms with van der Waals surface area (Å²) in [7, 11) is 0. The first-order valence-corrected chi connectivity index (χ1v) is 4.83. The van der Waals surface area contributed by atoms with Crippen LogP contribution in [0, 0.1) is 17.8 Å². The van der Waals surface area contributed by atoms with Crippen molar-refractivity contribution >= 4 is 0 Å². The smallest absolute Gasteiger partial charge is 0.00144 e. The van der Waals surface area contributed by atoms with Crippen molar-refractivity contribution in [2.45, 2.75) is 25.7 Å². The lowest BCUT2D eigenvalue weighted by atomic mass is 9.81. The Morgan fingerprint density at radius 2 is 2.27 bits per heavy atom. The third-order valence-corrected chi connectivity index (χ3v) is 3.59. The number of hydrogen-bond acceptors (Lipinski definition) is 0. The highest BCUT2D eigenvalue weighted by Gasteiger charge is 2.40. The first-order valence-electron chi connectivity index (χ1n) is 4.83. The summed E-state index contributed by atoms with van der Waals surface area (Å²) in [4.78, 5) is 0. The molecule has 3 aliphatic rings. The summed E-state index contributed by atoms with van der Waals surface area (Å²) in [6, 6.07) is 0. The Morgan fingerprint density at radius 1 is 1.27 bits per heavy atom. The zero-order chi connectivity index (χ0) is 7.26. The van der Waals surface area contributed by atoms with E-state index in [0.717, 1.165) is 17.8 Å². The maximum absolute atomic E-state index is 2.52. The van der Waals surface area contributed by atoms with Crippen molar-refractivity contribution in [2.75, 3.05) is 0 Å². The van der Waals surface area contributed by atoms with Gasteiger partial charge < -0.3 is 0 Å². The molecule has 0 radical (unpaired) electrons. The second-order valence-electron chi connectivity index (χ2n) is 4.13. The van der Waals surface area contributed by atoms with E-state index in [-0.39, 0.29) is 0 Å². The fourth-order valence-corrected chi connectivity index (χ4v) is 3.08. The van der Waals surface area contributed by atoms with Gasteiger partial charge >= 0.3 is 0 Å². The first kappa shape index (κ1) is 6.05. The van der Waals surface area contributed by atoms with Crippen molar-refractivity contribution in [3.63, 3.8) is 0 Å². The van der Waals surface area contributed by atoms with Crippen LogP contribution in [0.4, 0.5) is 0 Å². The third kappa shape index (κ3) is 0.702. The minimum atomic E-state index is 0.866. The zero-order valence-corrected chi connectivity index (χ0v) is 6.79. The monoisotopic (exact) mass is 146 g/mol. The van der Waals surface area contributed by atoms with Gasteiger partial charge in [0.15, 0.2) is 0 Å². The van der Waals surface area contributed by atoms with E-state index in [2.05, 4.69) is 18.2 Å². The van der Waals surface area contributed by atoms with E-state index in [1.54, 1.807) is 5.57 Å². The van der Waals surface area contributed by atoms with Crippen LogP contribution in [0.2, 0.25) is 0 Å². The van der Waals surface area contributed by atoms with Gasteiger partial charge in [0.25, 0.3) is 0 Å². The fourth-order valence-electron chi connectivity index (χ4n) is 3.08. The van der Waals surface area contributed by atoms with Gasteiger partial charge in [0.2, 0.25) is 0 Å². The SMILES string of the molecule is C1=CC2CC1C1=CCCCC12. The van der Waals surface area contributed by atoms with Crippen LogP contribution in [0.5, 0.6) is 0 Å². The Labute approximate surface area is 68.0 Å². The fraction of sp³-hybridized carbons (Fsp3) is 0.636. The van der Waals surface area contributed by atoms with Gasteiger partial charge in [-0.15, -0.1) is 0 Å². The molecule has 0 heteroatoms. The molecule has 58 valence electrons. The zero-order valence-electron chi connectivity index (χ0n) is 6.79. The lowest BCUT2D eigenvalue weighted by Gasteiger charge is -2.24. The molecular weight excluding hydrogens is 132 g/mol. The van der Waals surface area contributed by atoms with Crippen molar-refractivity contribution in [2.24, 2.45) is 17.8 Å². The first-order chi connectivity index (χ1) is 5.45. The molecule has 11 heavy (non-hydrogen) atoms. The van der Waals surface area contributed by atoms with Crippen molar-refractivity contribution < 1.29 is 0 Å². The summed E-state index contributed by atoms with van der Waals surface area (Å²) in [6.07, 6.45) is 13.1. The Morgan fingerprint density at radius 3 is 3.18 bits per heavy atom. The minimum absolute atomic E-state index is 0.866. The third-order valence-electron chi connectivity index (χ3n) is 3.59. The lowest BCUT2D eigenvalue weighted by molar-refractivity contribution is 0.447. The van der Waals surface area contributed by atoms with E-state index in [9.17, 15) is 0 Å². The standard InChI is InChI=1S/C11H14/c1-2-4-11-9-6-5-8(7-9)10(11)3-1/h3,5-6,8-9,11H,1-2,4,7H2.